The predicted molar refractivity (Wildman–Crippen MR) is 91.8 cm³/mol. The van der Waals surface area contributed by atoms with Gasteiger partial charge in [-0.1, -0.05) is 6.07 Å². The number of aromatic nitrogens is 3. The fourth-order valence-electron chi connectivity index (χ4n) is 2.93. The molecule has 0 aromatic carbocycles. The maximum Gasteiger partial charge on any atom is 0.236 e. The smallest absolute Gasteiger partial charge is 0.236 e. The van der Waals surface area contributed by atoms with Crippen molar-refractivity contribution in [3.63, 3.8) is 0 Å². The van der Waals surface area contributed by atoms with E-state index in [1.807, 2.05) is 41.5 Å². The number of rotatable bonds is 5. The summed E-state index contributed by atoms with van der Waals surface area (Å²) >= 11 is 1.64. The molecule has 24 heavy (non-hydrogen) atoms. The van der Waals surface area contributed by atoms with Gasteiger partial charge in [0.2, 0.25) is 5.89 Å². The Labute approximate surface area is 144 Å². The molecule has 0 aliphatic carbocycles. The molecule has 0 N–H and O–H groups in total. The normalized spacial score (nSPS) is 19.0. The lowest BCUT2D eigenvalue weighted by atomic mass is 10.2. The molecule has 0 bridgehead atoms. The van der Waals surface area contributed by atoms with Gasteiger partial charge in [0.1, 0.15) is 6.26 Å². The van der Waals surface area contributed by atoms with Gasteiger partial charge in [-0.05, 0) is 23.9 Å². The zero-order chi connectivity index (χ0) is 16.4. The molecule has 4 heterocycles. The maximum absolute atomic E-state index is 5.88. The standard InChI is InChI=1S/C17H20N4O2S/c1-13-7-18-21(8-13)11-15-10-20(4-5-22-15)9-14-12-23-17(19-14)16-3-2-6-24-16/h2-3,6-8,12,15H,4-5,9-11H2,1H3/t15-/m1/s1. The van der Waals surface area contributed by atoms with Gasteiger partial charge in [0.25, 0.3) is 0 Å². The van der Waals surface area contributed by atoms with Gasteiger partial charge in [-0.2, -0.15) is 5.10 Å². The van der Waals surface area contributed by atoms with E-state index in [2.05, 4.69) is 15.0 Å². The van der Waals surface area contributed by atoms with Crippen LogP contribution in [0.15, 0.2) is 40.6 Å². The monoisotopic (exact) mass is 344 g/mol. The maximum atomic E-state index is 5.88. The largest absolute Gasteiger partial charge is 0.444 e. The van der Waals surface area contributed by atoms with E-state index in [-0.39, 0.29) is 6.10 Å². The molecule has 1 aliphatic heterocycles. The summed E-state index contributed by atoms with van der Waals surface area (Å²) in [5.74, 6) is 0.705. The number of hydrogen-bond donors (Lipinski definition) is 0. The molecule has 6 nitrogen and oxygen atoms in total. The summed E-state index contributed by atoms with van der Waals surface area (Å²) in [7, 11) is 0. The molecule has 4 rings (SSSR count). The molecule has 1 fully saturated rings. The van der Waals surface area contributed by atoms with Crippen LogP contribution in [0.5, 0.6) is 0 Å². The zero-order valence-electron chi connectivity index (χ0n) is 13.6. The third-order valence-corrected chi connectivity index (χ3v) is 4.90. The molecule has 1 atom stereocenters. The van der Waals surface area contributed by atoms with Crippen LogP contribution in [0.3, 0.4) is 0 Å². The molecule has 0 unspecified atom stereocenters. The summed E-state index contributed by atoms with van der Waals surface area (Å²) in [6.45, 7) is 6.14. The highest BCUT2D eigenvalue weighted by Gasteiger charge is 2.22. The Hall–Kier alpha value is -1.96. The van der Waals surface area contributed by atoms with Crippen LogP contribution in [0.2, 0.25) is 0 Å². The summed E-state index contributed by atoms with van der Waals surface area (Å²) in [6.07, 6.45) is 5.84. The van der Waals surface area contributed by atoms with Gasteiger partial charge < -0.3 is 9.15 Å². The van der Waals surface area contributed by atoms with Crippen molar-refractivity contribution in [1.29, 1.82) is 0 Å². The topological polar surface area (TPSA) is 56.3 Å². The molecule has 0 radical (unpaired) electrons. The van der Waals surface area contributed by atoms with Crippen LogP contribution in [-0.4, -0.2) is 45.5 Å². The van der Waals surface area contributed by atoms with E-state index in [1.54, 1.807) is 17.6 Å². The second-order valence-corrected chi connectivity index (χ2v) is 7.04. The van der Waals surface area contributed by atoms with Gasteiger partial charge in [-0.15, -0.1) is 11.3 Å². The van der Waals surface area contributed by atoms with Crippen molar-refractivity contribution in [2.24, 2.45) is 0 Å². The number of aryl methyl sites for hydroxylation is 1. The lowest BCUT2D eigenvalue weighted by Gasteiger charge is -2.32. The van der Waals surface area contributed by atoms with Crippen molar-refractivity contribution < 1.29 is 9.15 Å². The van der Waals surface area contributed by atoms with Crippen LogP contribution < -0.4 is 0 Å². The first-order chi connectivity index (χ1) is 11.8. The molecular formula is C17H20N4O2S. The van der Waals surface area contributed by atoms with Gasteiger partial charge in [0.05, 0.1) is 36.0 Å². The Morgan fingerprint density at radius 3 is 3.17 bits per heavy atom. The number of oxazole rings is 1. The molecule has 126 valence electrons. The Bertz CT molecular complexity index is 780. The van der Waals surface area contributed by atoms with Crippen molar-refractivity contribution in [2.75, 3.05) is 19.7 Å². The second-order valence-electron chi connectivity index (χ2n) is 6.09. The number of morpholine rings is 1. The molecule has 0 amide bonds. The third-order valence-electron chi connectivity index (χ3n) is 4.05. The van der Waals surface area contributed by atoms with Crippen molar-refractivity contribution in [2.45, 2.75) is 26.1 Å². The number of hydrogen-bond acceptors (Lipinski definition) is 6. The number of nitrogens with zero attached hydrogens (tertiary/aromatic N) is 4. The van der Waals surface area contributed by atoms with Crippen LogP contribution in [0.4, 0.5) is 0 Å². The minimum Gasteiger partial charge on any atom is -0.444 e. The van der Waals surface area contributed by atoms with Crippen LogP contribution in [0, 0.1) is 6.92 Å². The highest BCUT2D eigenvalue weighted by Crippen LogP contribution is 2.24. The fourth-order valence-corrected chi connectivity index (χ4v) is 3.59. The van der Waals surface area contributed by atoms with Crippen LogP contribution in [0.25, 0.3) is 10.8 Å². The SMILES string of the molecule is Cc1cnn(C[C@H]2CN(Cc3coc(-c4cccs4)n3)CCO2)c1. The van der Waals surface area contributed by atoms with Gasteiger partial charge in [0, 0.05) is 25.8 Å². The molecular weight excluding hydrogens is 324 g/mol. The van der Waals surface area contributed by atoms with Crippen LogP contribution >= 0.6 is 11.3 Å². The zero-order valence-corrected chi connectivity index (χ0v) is 14.4. The summed E-state index contributed by atoms with van der Waals surface area (Å²) in [6, 6.07) is 4.03. The minimum absolute atomic E-state index is 0.154. The van der Waals surface area contributed by atoms with E-state index in [4.69, 9.17) is 9.15 Å². The molecule has 1 saturated heterocycles. The highest BCUT2D eigenvalue weighted by atomic mass is 32.1. The van der Waals surface area contributed by atoms with Crippen molar-refractivity contribution in [3.8, 4) is 10.8 Å². The van der Waals surface area contributed by atoms with Crippen LogP contribution in [0.1, 0.15) is 11.3 Å². The summed E-state index contributed by atoms with van der Waals surface area (Å²) in [5, 5.41) is 6.37. The molecule has 3 aromatic rings. The Morgan fingerprint density at radius 2 is 2.38 bits per heavy atom. The average molecular weight is 344 g/mol. The van der Waals surface area contributed by atoms with E-state index in [0.717, 1.165) is 43.4 Å². The first-order valence-electron chi connectivity index (χ1n) is 8.07. The van der Waals surface area contributed by atoms with Gasteiger partial charge in [0.15, 0.2) is 0 Å². The van der Waals surface area contributed by atoms with E-state index in [1.165, 1.54) is 5.56 Å². The molecule has 0 saturated carbocycles. The number of thiophene rings is 1. The predicted octanol–water partition coefficient (Wildman–Crippen LogP) is 2.81. The first kappa shape index (κ1) is 15.6. The summed E-state index contributed by atoms with van der Waals surface area (Å²) in [4.78, 5) is 8.03. The van der Waals surface area contributed by atoms with E-state index in [9.17, 15) is 0 Å². The number of ether oxygens (including phenoxy) is 1. The van der Waals surface area contributed by atoms with Gasteiger partial charge >= 0.3 is 0 Å². The molecule has 3 aromatic heterocycles. The summed E-state index contributed by atoms with van der Waals surface area (Å²) < 4.78 is 13.4. The summed E-state index contributed by atoms with van der Waals surface area (Å²) in [5.41, 5.74) is 2.14. The molecule has 7 heteroatoms. The van der Waals surface area contributed by atoms with Crippen molar-refractivity contribution in [3.05, 3.63) is 47.4 Å². The van der Waals surface area contributed by atoms with Crippen molar-refractivity contribution >= 4 is 11.3 Å². The Balaban J connectivity index is 1.36. The van der Waals surface area contributed by atoms with E-state index < -0.39 is 0 Å². The van der Waals surface area contributed by atoms with E-state index >= 15 is 0 Å². The van der Waals surface area contributed by atoms with Gasteiger partial charge in [-0.3, -0.25) is 9.58 Å². The Kier molecular flexibility index (Phi) is 4.46. The minimum atomic E-state index is 0.154. The lowest BCUT2D eigenvalue weighted by Crippen LogP contribution is -2.43. The van der Waals surface area contributed by atoms with Gasteiger partial charge in [-0.25, -0.2) is 4.98 Å². The molecule has 1 aliphatic rings. The highest BCUT2D eigenvalue weighted by molar-refractivity contribution is 7.13. The fraction of sp³-hybridized carbons (Fsp3) is 0.412. The van der Waals surface area contributed by atoms with Crippen LogP contribution in [-0.2, 0) is 17.8 Å². The second kappa shape index (κ2) is 6.88. The molecule has 0 spiro atoms. The average Bonchev–Trinajstić information content (AvgIpc) is 3.29. The quantitative estimate of drug-likeness (QED) is 0.712. The van der Waals surface area contributed by atoms with Crippen molar-refractivity contribution in [1.82, 2.24) is 19.7 Å². The Morgan fingerprint density at radius 1 is 1.42 bits per heavy atom. The first-order valence-corrected chi connectivity index (χ1v) is 8.95. The lowest BCUT2D eigenvalue weighted by molar-refractivity contribution is -0.0405. The third kappa shape index (κ3) is 3.58. The van der Waals surface area contributed by atoms with E-state index in [0.29, 0.717) is 5.89 Å².